The molecule has 0 unspecified atom stereocenters. The number of benzene rings is 1. The van der Waals surface area contributed by atoms with Crippen molar-refractivity contribution < 1.29 is 4.79 Å². The van der Waals surface area contributed by atoms with Crippen LogP contribution in [-0.4, -0.2) is 15.9 Å². The molecule has 0 bridgehead atoms. The number of hydrogen-bond acceptors (Lipinski definition) is 5. The largest absolute Gasteiger partial charge is 0.383 e. The van der Waals surface area contributed by atoms with Crippen LogP contribution in [0, 0.1) is 0 Å². The maximum absolute atomic E-state index is 10.9. The zero-order chi connectivity index (χ0) is 13.1. The summed E-state index contributed by atoms with van der Waals surface area (Å²) in [5.74, 6) is 0.360. The number of aromatic nitrogens is 2. The molecule has 6 heteroatoms. The predicted octanol–water partition coefficient (Wildman–Crippen LogP) is 1.27. The highest BCUT2D eigenvalue weighted by atomic mass is 16.1. The lowest BCUT2D eigenvalue weighted by Gasteiger charge is -2.06. The predicted molar refractivity (Wildman–Crippen MR) is 70.6 cm³/mol. The van der Waals surface area contributed by atoms with Crippen molar-refractivity contribution in [3.8, 4) is 11.1 Å². The lowest BCUT2D eigenvalue weighted by atomic mass is 10.1. The number of amides is 1. The molecule has 1 aromatic heterocycles. The van der Waals surface area contributed by atoms with Crippen molar-refractivity contribution in [1.82, 2.24) is 9.97 Å². The van der Waals surface area contributed by atoms with Gasteiger partial charge >= 0.3 is 0 Å². The molecule has 2 aromatic rings. The smallest absolute Gasteiger partial charge is 0.221 e. The molecule has 0 spiro atoms. The van der Waals surface area contributed by atoms with E-state index in [1.54, 1.807) is 18.3 Å². The van der Waals surface area contributed by atoms with Gasteiger partial charge in [-0.3, -0.25) is 4.79 Å². The molecule has 1 aromatic carbocycles. The van der Waals surface area contributed by atoms with E-state index in [9.17, 15) is 4.79 Å². The van der Waals surface area contributed by atoms with Crippen LogP contribution in [0.3, 0.4) is 0 Å². The van der Waals surface area contributed by atoms with Gasteiger partial charge in [-0.25, -0.2) is 4.98 Å². The van der Waals surface area contributed by atoms with E-state index in [1.165, 1.54) is 6.92 Å². The lowest BCUT2D eigenvalue weighted by molar-refractivity contribution is -0.114. The van der Waals surface area contributed by atoms with E-state index in [4.69, 9.17) is 11.5 Å². The van der Waals surface area contributed by atoms with E-state index in [0.717, 1.165) is 11.3 Å². The summed E-state index contributed by atoms with van der Waals surface area (Å²) in [6, 6.07) is 7.23. The Morgan fingerprint density at radius 2 is 1.89 bits per heavy atom. The molecule has 18 heavy (non-hydrogen) atoms. The molecule has 1 heterocycles. The highest BCUT2D eigenvalue weighted by Crippen LogP contribution is 2.25. The molecule has 0 radical (unpaired) electrons. The van der Waals surface area contributed by atoms with Crippen LogP contribution < -0.4 is 16.8 Å². The van der Waals surface area contributed by atoms with Crippen LogP contribution in [0.2, 0.25) is 0 Å². The van der Waals surface area contributed by atoms with Crippen molar-refractivity contribution >= 4 is 23.4 Å². The zero-order valence-corrected chi connectivity index (χ0v) is 9.84. The molecule has 0 saturated carbocycles. The van der Waals surface area contributed by atoms with E-state index in [0.29, 0.717) is 11.4 Å². The summed E-state index contributed by atoms with van der Waals surface area (Å²) in [7, 11) is 0. The van der Waals surface area contributed by atoms with Gasteiger partial charge in [0.15, 0.2) is 0 Å². The van der Waals surface area contributed by atoms with Gasteiger partial charge in [-0.1, -0.05) is 12.1 Å². The Balaban J connectivity index is 2.31. The molecule has 6 nitrogen and oxygen atoms in total. The Labute approximate surface area is 104 Å². The minimum atomic E-state index is -0.113. The van der Waals surface area contributed by atoms with E-state index < -0.39 is 0 Å². The number of nitrogens with zero attached hydrogens (tertiary/aromatic N) is 2. The Bertz CT molecular complexity index is 580. The number of rotatable bonds is 2. The maximum Gasteiger partial charge on any atom is 0.221 e. The SMILES string of the molecule is CC(=O)Nc1ccc(-c2cnc(N)nc2N)cc1. The Morgan fingerprint density at radius 1 is 1.22 bits per heavy atom. The number of carbonyl (C=O) groups is 1. The summed E-state index contributed by atoms with van der Waals surface area (Å²) >= 11 is 0. The lowest BCUT2D eigenvalue weighted by Crippen LogP contribution is -2.05. The van der Waals surface area contributed by atoms with Crippen LogP contribution in [0.4, 0.5) is 17.5 Å². The first-order chi connectivity index (χ1) is 8.56. The summed E-state index contributed by atoms with van der Waals surface area (Å²) in [6.07, 6.45) is 1.57. The third kappa shape index (κ3) is 2.54. The molecule has 0 aliphatic rings. The molecule has 0 atom stereocenters. The van der Waals surface area contributed by atoms with Gasteiger partial charge in [-0.15, -0.1) is 0 Å². The Hall–Kier alpha value is -2.63. The number of anilines is 3. The van der Waals surface area contributed by atoms with Gasteiger partial charge in [0.05, 0.1) is 0 Å². The van der Waals surface area contributed by atoms with Crippen LogP contribution in [-0.2, 0) is 4.79 Å². The van der Waals surface area contributed by atoms with Gasteiger partial charge < -0.3 is 16.8 Å². The minimum absolute atomic E-state index is 0.113. The average Bonchev–Trinajstić information content (AvgIpc) is 2.30. The van der Waals surface area contributed by atoms with Crippen molar-refractivity contribution in [3.05, 3.63) is 30.5 Å². The Morgan fingerprint density at radius 3 is 2.44 bits per heavy atom. The molecule has 2 rings (SSSR count). The molecule has 0 aliphatic heterocycles. The molecule has 0 aliphatic carbocycles. The fourth-order valence-corrected chi connectivity index (χ4v) is 1.57. The molecule has 0 saturated heterocycles. The first-order valence-corrected chi connectivity index (χ1v) is 5.32. The second-order valence-electron chi connectivity index (χ2n) is 3.79. The zero-order valence-electron chi connectivity index (χ0n) is 9.84. The number of nitrogens with one attached hydrogen (secondary N) is 1. The average molecular weight is 243 g/mol. The van der Waals surface area contributed by atoms with Crippen molar-refractivity contribution in [2.75, 3.05) is 16.8 Å². The van der Waals surface area contributed by atoms with E-state index in [2.05, 4.69) is 15.3 Å². The number of hydrogen-bond donors (Lipinski definition) is 3. The monoisotopic (exact) mass is 243 g/mol. The molecular weight excluding hydrogens is 230 g/mol. The van der Waals surface area contributed by atoms with Gasteiger partial charge in [-0.2, -0.15) is 4.98 Å². The van der Waals surface area contributed by atoms with Crippen molar-refractivity contribution in [3.63, 3.8) is 0 Å². The van der Waals surface area contributed by atoms with E-state index in [1.807, 2.05) is 12.1 Å². The number of nitrogens with two attached hydrogens (primary N) is 2. The second kappa shape index (κ2) is 4.70. The highest BCUT2D eigenvalue weighted by molar-refractivity contribution is 5.89. The molecule has 92 valence electrons. The molecule has 0 fully saturated rings. The number of nitrogen functional groups attached to an aromatic ring is 2. The molecule has 5 N–H and O–H groups in total. The van der Waals surface area contributed by atoms with Gasteiger partial charge in [0, 0.05) is 24.4 Å². The van der Waals surface area contributed by atoms with Crippen LogP contribution in [0.1, 0.15) is 6.92 Å². The maximum atomic E-state index is 10.9. The first-order valence-electron chi connectivity index (χ1n) is 5.32. The normalized spacial score (nSPS) is 10.1. The van der Waals surface area contributed by atoms with Crippen LogP contribution in [0.25, 0.3) is 11.1 Å². The van der Waals surface area contributed by atoms with E-state index >= 15 is 0 Å². The van der Waals surface area contributed by atoms with Gasteiger partial charge in [0.2, 0.25) is 11.9 Å². The summed E-state index contributed by atoms with van der Waals surface area (Å²) in [5.41, 5.74) is 13.5. The minimum Gasteiger partial charge on any atom is -0.383 e. The summed E-state index contributed by atoms with van der Waals surface area (Å²) in [4.78, 5) is 18.7. The van der Waals surface area contributed by atoms with Crippen molar-refractivity contribution in [2.24, 2.45) is 0 Å². The fraction of sp³-hybridized carbons (Fsp3) is 0.0833. The van der Waals surface area contributed by atoms with E-state index in [-0.39, 0.29) is 11.9 Å². The van der Waals surface area contributed by atoms with Gasteiger partial charge in [-0.05, 0) is 17.7 Å². The summed E-state index contributed by atoms with van der Waals surface area (Å²) in [6.45, 7) is 1.46. The quantitative estimate of drug-likeness (QED) is 0.736. The van der Waals surface area contributed by atoms with Crippen molar-refractivity contribution in [1.29, 1.82) is 0 Å². The van der Waals surface area contributed by atoms with Crippen LogP contribution in [0.15, 0.2) is 30.5 Å². The second-order valence-corrected chi connectivity index (χ2v) is 3.79. The molecular formula is C12H13N5O. The third-order valence-corrected chi connectivity index (χ3v) is 2.35. The highest BCUT2D eigenvalue weighted by Gasteiger charge is 2.05. The molecule has 1 amide bonds. The first kappa shape index (κ1) is 11.8. The van der Waals surface area contributed by atoms with Crippen LogP contribution in [0.5, 0.6) is 0 Å². The van der Waals surface area contributed by atoms with Crippen LogP contribution >= 0.6 is 0 Å². The fourth-order valence-electron chi connectivity index (χ4n) is 1.57. The summed E-state index contributed by atoms with van der Waals surface area (Å²) in [5, 5.41) is 2.69. The van der Waals surface area contributed by atoms with Gasteiger partial charge in [0.25, 0.3) is 0 Å². The van der Waals surface area contributed by atoms with Crippen molar-refractivity contribution in [2.45, 2.75) is 6.92 Å². The standard InChI is InChI=1S/C12H13N5O/c1-7(18)16-9-4-2-8(3-5-9)10-6-15-12(14)17-11(10)13/h2-6H,1H3,(H,16,18)(H4,13,14,15,17). The topological polar surface area (TPSA) is 107 Å². The Kier molecular flexibility index (Phi) is 3.09. The summed E-state index contributed by atoms with van der Waals surface area (Å²) < 4.78 is 0. The number of carbonyl (C=O) groups excluding carboxylic acids is 1. The van der Waals surface area contributed by atoms with Gasteiger partial charge in [0.1, 0.15) is 5.82 Å². The third-order valence-electron chi connectivity index (χ3n) is 2.35.